The normalized spacial score (nSPS) is 11.9. The highest BCUT2D eigenvalue weighted by Crippen LogP contribution is 2.37. The van der Waals surface area contributed by atoms with Crippen molar-refractivity contribution in [2.75, 3.05) is 26.3 Å². The van der Waals surface area contributed by atoms with Crippen molar-refractivity contribution in [1.29, 1.82) is 0 Å². The summed E-state index contributed by atoms with van der Waals surface area (Å²) in [5.74, 6) is 0. The van der Waals surface area contributed by atoms with Crippen LogP contribution in [0.2, 0.25) is 0 Å². The van der Waals surface area contributed by atoms with Gasteiger partial charge >= 0.3 is 15.6 Å². The molecule has 12 heteroatoms. The molecule has 0 radical (unpaired) electrons. The van der Waals surface area contributed by atoms with Gasteiger partial charge in [0.2, 0.25) is 0 Å². The molecule has 10 nitrogen and oxygen atoms in total. The number of hydrogen-bond donors (Lipinski definition) is 6. The minimum absolute atomic E-state index is 0.186. The van der Waals surface area contributed by atoms with Crippen molar-refractivity contribution >= 4 is 15.6 Å². The lowest BCUT2D eigenvalue weighted by atomic mass is 10.3. The van der Waals surface area contributed by atoms with E-state index in [-0.39, 0.29) is 26.1 Å². The van der Waals surface area contributed by atoms with Gasteiger partial charge in [-0.05, 0) is 12.8 Å². The summed E-state index contributed by atoms with van der Waals surface area (Å²) in [5, 5.41) is 0. The van der Waals surface area contributed by atoms with Gasteiger partial charge in [-0.25, -0.2) is 9.13 Å². The van der Waals surface area contributed by atoms with Crippen LogP contribution in [0.1, 0.15) is 12.8 Å². The first-order valence-corrected chi connectivity index (χ1v) is 7.98. The van der Waals surface area contributed by atoms with Crippen LogP contribution in [-0.4, -0.2) is 45.9 Å². The van der Waals surface area contributed by atoms with E-state index in [2.05, 4.69) is 9.05 Å². The Kier molecular flexibility index (Phi) is 12.5. The molecule has 0 aliphatic carbocycles. The first-order chi connectivity index (χ1) is 8.12. The summed E-state index contributed by atoms with van der Waals surface area (Å²) in [5.41, 5.74) is 9.81. The van der Waals surface area contributed by atoms with E-state index < -0.39 is 15.6 Å². The molecule has 0 spiro atoms. The van der Waals surface area contributed by atoms with E-state index in [1.165, 1.54) is 0 Å². The summed E-state index contributed by atoms with van der Waals surface area (Å²) in [6.45, 7) is 0.823. The van der Waals surface area contributed by atoms with Crippen molar-refractivity contribution in [3.8, 4) is 0 Å². The minimum Gasteiger partial charge on any atom is -0.329 e. The number of phosphoric ester groups is 2. The molecule has 0 rings (SSSR count). The summed E-state index contributed by atoms with van der Waals surface area (Å²) in [4.78, 5) is 32.9. The largest absolute Gasteiger partial charge is 0.469 e. The molecule has 112 valence electrons. The summed E-state index contributed by atoms with van der Waals surface area (Å²) in [6, 6.07) is 0. The molecule has 0 unspecified atom stereocenters. The van der Waals surface area contributed by atoms with Crippen molar-refractivity contribution in [2.24, 2.45) is 11.5 Å². The van der Waals surface area contributed by atoms with Crippen molar-refractivity contribution in [3.05, 3.63) is 0 Å². The molecule has 0 bridgehead atoms. The SMILES string of the molecule is NCCN.O=P(O)(O)OCCCCOP(=O)(O)O. The van der Waals surface area contributed by atoms with Gasteiger partial charge in [-0.15, -0.1) is 0 Å². The van der Waals surface area contributed by atoms with E-state index in [0.717, 1.165) is 0 Å². The van der Waals surface area contributed by atoms with Crippen LogP contribution in [0.25, 0.3) is 0 Å². The fraction of sp³-hybridized carbons (Fsp3) is 1.00. The van der Waals surface area contributed by atoms with Crippen LogP contribution < -0.4 is 11.5 Å². The molecule has 0 aliphatic heterocycles. The first kappa shape index (κ1) is 20.5. The van der Waals surface area contributed by atoms with Gasteiger partial charge in [0.25, 0.3) is 0 Å². The molecule has 8 N–H and O–H groups in total. The Hall–Kier alpha value is 0.140. The van der Waals surface area contributed by atoms with Crippen LogP contribution in [0.5, 0.6) is 0 Å². The number of nitrogens with two attached hydrogens (primary N) is 2. The molecule has 0 aromatic carbocycles. The van der Waals surface area contributed by atoms with Gasteiger partial charge in [0.05, 0.1) is 13.2 Å². The Bertz CT molecular complexity index is 249. The maximum absolute atomic E-state index is 10.1. The van der Waals surface area contributed by atoms with E-state index in [1.807, 2.05) is 0 Å². The molecule has 0 fully saturated rings. The quantitative estimate of drug-likeness (QED) is 0.237. The molecule has 0 saturated heterocycles. The second-order valence-electron chi connectivity index (χ2n) is 2.93. The van der Waals surface area contributed by atoms with Crippen molar-refractivity contribution in [2.45, 2.75) is 12.8 Å². The van der Waals surface area contributed by atoms with Crippen LogP contribution >= 0.6 is 15.6 Å². The molecule has 0 aromatic heterocycles. The number of hydrogen-bond acceptors (Lipinski definition) is 6. The smallest absolute Gasteiger partial charge is 0.329 e. The average Bonchev–Trinajstić information content (AvgIpc) is 2.20. The fourth-order valence-electron chi connectivity index (χ4n) is 0.571. The van der Waals surface area contributed by atoms with E-state index in [4.69, 9.17) is 31.0 Å². The highest BCUT2D eigenvalue weighted by Gasteiger charge is 2.14. The highest BCUT2D eigenvalue weighted by atomic mass is 31.2. The lowest BCUT2D eigenvalue weighted by molar-refractivity contribution is 0.171. The zero-order valence-corrected chi connectivity index (χ0v) is 11.5. The number of rotatable bonds is 8. The van der Waals surface area contributed by atoms with Crippen LogP contribution in [0, 0.1) is 0 Å². The maximum Gasteiger partial charge on any atom is 0.469 e. The average molecular weight is 310 g/mol. The number of phosphoric acid groups is 2. The summed E-state index contributed by atoms with van der Waals surface area (Å²) >= 11 is 0. The first-order valence-electron chi connectivity index (χ1n) is 4.92. The Balaban J connectivity index is 0. The molecule has 0 heterocycles. The van der Waals surface area contributed by atoms with Gasteiger partial charge in [-0.3, -0.25) is 9.05 Å². The molecule has 0 aliphatic rings. The van der Waals surface area contributed by atoms with Crippen LogP contribution in [0.15, 0.2) is 0 Å². The van der Waals surface area contributed by atoms with Crippen LogP contribution in [-0.2, 0) is 18.2 Å². The second-order valence-corrected chi connectivity index (χ2v) is 5.41. The summed E-state index contributed by atoms with van der Waals surface area (Å²) in [6.07, 6.45) is 0.482. The predicted octanol–water partition coefficient (Wildman–Crippen LogP) is -1.11. The summed E-state index contributed by atoms with van der Waals surface area (Å²) < 4.78 is 28.4. The third-order valence-electron chi connectivity index (χ3n) is 1.22. The zero-order valence-electron chi connectivity index (χ0n) is 9.71. The van der Waals surface area contributed by atoms with Crippen LogP contribution in [0.3, 0.4) is 0 Å². The molecule has 18 heavy (non-hydrogen) atoms. The van der Waals surface area contributed by atoms with Gasteiger partial charge in [-0.1, -0.05) is 0 Å². The standard InChI is InChI=1S/C4H12O8P2.C2H8N2/c5-13(6,7)11-3-1-2-4-12-14(8,9)10;3-1-2-4/h1-4H2,(H2,5,6,7)(H2,8,9,10);1-4H2. The fourth-order valence-corrected chi connectivity index (χ4v) is 1.30. The Labute approximate surface area is 105 Å². The van der Waals surface area contributed by atoms with Crippen molar-refractivity contribution in [3.63, 3.8) is 0 Å². The molecular weight excluding hydrogens is 290 g/mol. The van der Waals surface area contributed by atoms with Gasteiger partial charge in [0.1, 0.15) is 0 Å². The van der Waals surface area contributed by atoms with E-state index in [1.54, 1.807) is 0 Å². The van der Waals surface area contributed by atoms with Gasteiger partial charge < -0.3 is 31.0 Å². The predicted molar refractivity (Wildman–Crippen MR) is 63.3 cm³/mol. The molecule has 0 atom stereocenters. The van der Waals surface area contributed by atoms with E-state index in [9.17, 15) is 9.13 Å². The zero-order chi connectivity index (χ0) is 14.7. The summed E-state index contributed by atoms with van der Waals surface area (Å²) in [7, 11) is -8.88. The van der Waals surface area contributed by atoms with Gasteiger partial charge in [0.15, 0.2) is 0 Å². The monoisotopic (exact) mass is 310 g/mol. The third kappa shape index (κ3) is 25.1. The Morgan fingerprint density at radius 1 is 0.778 bits per heavy atom. The number of unbranched alkanes of at least 4 members (excludes halogenated alkanes) is 1. The minimum atomic E-state index is -4.44. The highest BCUT2D eigenvalue weighted by molar-refractivity contribution is 7.46. The van der Waals surface area contributed by atoms with E-state index in [0.29, 0.717) is 13.1 Å². The Morgan fingerprint density at radius 3 is 1.22 bits per heavy atom. The lowest BCUT2D eigenvalue weighted by Crippen LogP contribution is -2.11. The maximum atomic E-state index is 10.1. The molecular formula is C6H20N2O8P2. The molecule has 0 aromatic rings. The van der Waals surface area contributed by atoms with Crippen molar-refractivity contribution in [1.82, 2.24) is 0 Å². The van der Waals surface area contributed by atoms with Crippen molar-refractivity contribution < 1.29 is 37.8 Å². The Morgan fingerprint density at radius 2 is 1.06 bits per heavy atom. The third-order valence-corrected chi connectivity index (χ3v) is 2.26. The topological polar surface area (TPSA) is 186 Å². The molecule has 0 saturated carbocycles. The van der Waals surface area contributed by atoms with Crippen LogP contribution in [0.4, 0.5) is 0 Å². The molecule has 0 amide bonds. The van der Waals surface area contributed by atoms with E-state index >= 15 is 0 Å². The van der Waals surface area contributed by atoms with Gasteiger partial charge in [-0.2, -0.15) is 0 Å². The second kappa shape index (κ2) is 11.0. The lowest BCUT2D eigenvalue weighted by Gasteiger charge is -2.06. The van der Waals surface area contributed by atoms with Gasteiger partial charge in [0, 0.05) is 13.1 Å².